The van der Waals surface area contributed by atoms with Crippen LogP contribution in [0.2, 0.25) is 0 Å². The van der Waals surface area contributed by atoms with Crippen molar-refractivity contribution in [2.24, 2.45) is 0 Å². The number of benzene rings is 2. The van der Waals surface area contributed by atoms with Gasteiger partial charge in [-0.25, -0.2) is 0 Å². The zero-order valence-corrected chi connectivity index (χ0v) is 20.3. The van der Waals surface area contributed by atoms with Crippen molar-refractivity contribution in [2.75, 3.05) is 13.7 Å². The van der Waals surface area contributed by atoms with Gasteiger partial charge in [-0.15, -0.1) is 10.2 Å². The monoisotopic (exact) mass is 476 g/mol. The van der Waals surface area contributed by atoms with E-state index in [1.807, 2.05) is 66.1 Å². The molecule has 0 aliphatic carbocycles. The Hall–Kier alpha value is -3.52. The largest absolute Gasteiger partial charge is 0.497 e. The third-order valence-electron chi connectivity index (χ3n) is 5.56. The Balaban J connectivity index is 1.48. The van der Waals surface area contributed by atoms with Gasteiger partial charge < -0.3 is 14.5 Å². The van der Waals surface area contributed by atoms with Crippen LogP contribution >= 0.6 is 11.8 Å². The lowest BCUT2D eigenvalue weighted by Gasteiger charge is -2.16. The minimum Gasteiger partial charge on any atom is -0.497 e. The van der Waals surface area contributed by atoms with Crippen molar-refractivity contribution in [3.8, 4) is 17.1 Å². The number of nitrogens with one attached hydrogen (secondary N) is 1. The summed E-state index contributed by atoms with van der Waals surface area (Å²) in [5.41, 5.74) is 2.10. The van der Waals surface area contributed by atoms with Crippen molar-refractivity contribution in [1.82, 2.24) is 20.1 Å². The summed E-state index contributed by atoms with van der Waals surface area (Å²) in [6.07, 6.45) is 1.64. The Morgan fingerprint density at radius 3 is 2.50 bits per heavy atom. The number of ether oxygens (including phenoxy) is 1. The van der Waals surface area contributed by atoms with Crippen molar-refractivity contribution in [2.45, 2.75) is 36.7 Å². The van der Waals surface area contributed by atoms with Crippen LogP contribution in [0.1, 0.15) is 31.1 Å². The van der Waals surface area contributed by atoms with Crippen LogP contribution in [0.3, 0.4) is 0 Å². The van der Waals surface area contributed by atoms with Gasteiger partial charge in [-0.2, -0.15) is 0 Å². The molecule has 0 spiro atoms. The molecule has 2 aromatic carbocycles. The number of furan rings is 1. The lowest BCUT2D eigenvalue weighted by molar-refractivity contribution is -0.120. The molecule has 34 heavy (non-hydrogen) atoms. The highest BCUT2D eigenvalue weighted by atomic mass is 32.2. The molecule has 0 aliphatic rings. The van der Waals surface area contributed by atoms with Crippen LogP contribution in [-0.4, -0.2) is 39.6 Å². The van der Waals surface area contributed by atoms with Gasteiger partial charge in [0.1, 0.15) is 11.5 Å². The maximum atomic E-state index is 12.8. The number of hydrogen-bond donors (Lipinski definition) is 1. The minimum absolute atomic E-state index is 0.0358. The van der Waals surface area contributed by atoms with E-state index in [1.54, 1.807) is 13.4 Å². The standard InChI is InChI=1S/C26H28N4O3S/c1-18(20-8-5-4-6-9-20)16-27-25(31)19(2)34-26-29-28-24(21-11-13-22(32-3)14-12-21)30(26)17-23-10-7-15-33-23/h4-15,18-19H,16-17H2,1-3H3,(H,27,31). The van der Waals surface area contributed by atoms with E-state index in [0.29, 0.717) is 24.1 Å². The summed E-state index contributed by atoms with van der Waals surface area (Å²) < 4.78 is 12.8. The normalized spacial score (nSPS) is 12.8. The summed E-state index contributed by atoms with van der Waals surface area (Å²) in [5, 5.41) is 12.2. The topological polar surface area (TPSA) is 82.2 Å². The number of aromatic nitrogens is 3. The first kappa shape index (κ1) is 23.6. The molecule has 2 aromatic heterocycles. The van der Waals surface area contributed by atoms with Crippen molar-refractivity contribution in [3.05, 3.63) is 84.3 Å². The Bertz CT molecular complexity index is 1190. The second-order valence-corrected chi connectivity index (χ2v) is 9.33. The number of rotatable bonds is 10. The summed E-state index contributed by atoms with van der Waals surface area (Å²) in [6, 6.07) is 21.6. The molecular formula is C26H28N4O3S. The number of nitrogens with zero attached hydrogens (tertiary/aromatic N) is 3. The average Bonchev–Trinajstić information content (AvgIpc) is 3.53. The number of carbonyl (C=O) groups is 1. The fraction of sp³-hybridized carbons (Fsp3) is 0.269. The SMILES string of the molecule is COc1ccc(-c2nnc(SC(C)C(=O)NCC(C)c3ccccc3)n2Cc2ccco2)cc1. The Kier molecular flexibility index (Phi) is 7.69. The van der Waals surface area contributed by atoms with E-state index in [2.05, 4.69) is 34.6 Å². The molecule has 2 unspecified atom stereocenters. The van der Waals surface area contributed by atoms with Gasteiger partial charge in [0.2, 0.25) is 5.91 Å². The lowest BCUT2D eigenvalue weighted by Crippen LogP contribution is -2.33. The maximum Gasteiger partial charge on any atom is 0.233 e. The second-order valence-electron chi connectivity index (χ2n) is 8.02. The molecule has 0 saturated heterocycles. The van der Waals surface area contributed by atoms with E-state index in [9.17, 15) is 4.79 Å². The predicted molar refractivity (Wildman–Crippen MR) is 133 cm³/mol. The molecule has 0 bridgehead atoms. The summed E-state index contributed by atoms with van der Waals surface area (Å²) >= 11 is 1.38. The third kappa shape index (κ3) is 5.69. The molecule has 0 aliphatic heterocycles. The molecule has 2 atom stereocenters. The summed E-state index contributed by atoms with van der Waals surface area (Å²) in [7, 11) is 1.64. The second kappa shape index (κ2) is 11.1. The minimum atomic E-state index is -0.341. The lowest BCUT2D eigenvalue weighted by atomic mass is 10.0. The number of carbonyl (C=O) groups excluding carboxylic acids is 1. The zero-order chi connectivity index (χ0) is 23.9. The van der Waals surface area contributed by atoms with Gasteiger partial charge in [-0.05, 0) is 54.8 Å². The number of methoxy groups -OCH3 is 1. The summed E-state index contributed by atoms with van der Waals surface area (Å²) in [5.74, 6) is 2.44. The molecule has 7 nitrogen and oxygen atoms in total. The smallest absolute Gasteiger partial charge is 0.233 e. The van der Waals surface area contributed by atoms with Crippen LogP contribution in [-0.2, 0) is 11.3 Å². The third-order valence-corrected chi connectivity index (χ3v) is 6.64. The van der Waals surface area contributed by atoms with E-state index >= 15 is 0 Å². The van der Waals surface area contributed by atoms with Crippen LogP contribution in [0.25, 0.3) is 11.4 Å². The van der Waals surface area contributed by atoms with E-state index < -0.39 is 0 Å². The Morgan fingerprint density at radius 1 is 1.06 bits per heavy atom. The van der Waals surface area contributed by atoms with Gasteiger partial charge in [0, 0.05) is 12.1 Å². The molecule has 8 heteroatoms. The number of amides is 1. The fourth-order valence-electron chi connectivity index (χ4n) is 3.54. The molecule has 4 aromatic rings. The Morgan fingerprint density at radius 2 is 1.82 bits per heavy atom. The molecule has 4 rings (SSSR count). The van der Waals surface area contributed by atoms with Gasteiger partial charge >= 0.3 is 0 Å². The van der Waals surface area contributed by atoms with Gasteiger partial charge in [0.25, 0.3) is 0 Å². The molecule has 1 amide bonds. The molecule has 176 valence electrons. The first-order valence-electron chi connectivity index (χ1n) is 11.1. The van der Waals surface area contributed by atoms with E-state index in [-0.39, 0.29) is 17.1 Å². The molecule has 0 fully saturated rings. The molecule has 0 saturated carbocycles. The highest BCUT2D eigenvalue weighted by Crippen LogP contribution is 2.29. The van der Waals surface area contributed by atoms with Crippen molar-refractivity contribution < 1.29 is 13.9 Å². The van der Waals surface area contributed by atoms with Crippen molar-refractivity contribution in [3.63, 3.8) is 0 Å². The van der Waals surface area contributed by atoms with Crippen LogP contribution in [0.5, 0.6) is 5.75 Å². The average molecular weight is 477 g/mol. The van der Waals surface area contributed by atoms with Gasteiger partial charge in [-0.1, -0.05) is 49.0 Å². The van der Waals surface area contributed by atoms with E-state index in [1.165, 1.54) is 17.3 Å². The maximum absolute atomic E-state index is 12.8. The van der Waals surface area contributed by atoms with Gasteiger partial charge in [0.05, 0.1) is 25.2 Å². The van der Waals surface area contributed by atoms with Gasteiger partial charge in [0.15, 0.2) is 11.0 Å². The molecular weight excluding hydrogens is 448 g/mol. The van der Waals surface area contributed by atoms with E-state index in [0.717, 1.165) is 17.1 Å². The van der Waals surface area contributed by atoms with Crippen LogP contribution in [0.15, 0.2) is 82.6 Å². The van der Waals surface area contributed by atoms with Gasteiger partial charge in [-0.3, -0.25) is 9.36 Å². The quantitative estimate of drug-likeness (QED) is 0.325. The van der Waals surface area contributed by atoms with Crippen LogP contribution in [0, 0.1) is 0 Å². The first-order chi connectivity index (χ1) is 16.5. The molecule has 2 heterocycles. The van der Waals surface area contributed by atoms with Crippen molar-refractivity contribution in [1.29, 1.82) is 0 Å². The zero-order valence-electron chi connectivity index (χ0n) is 19.5. The summed E-state index contributed by atoms with van der Waals surface area (Å²) in [4.78, 5) is 12.8. The van der Waals surface area contributed by atoms with Crippen molar-refractivity contribution >= 4 is 17.7 Å². The molecule has 0 radical (unpaired) electrons. The van der Waals surface area contributed by atoms with Crippen LogP contribution in [0.4, 0.5) is 0 Å². The fourth-order valence-corrected chi connectivity index (χ4v) is 4.41. The first-order valence-corrected chi connectivity index (χ1v) is 12.0. The van der Waals surface area contributed by atoms with Crippen LogP contribution < -0.4 is 10.1 Å². The highest BCUT2D eigenvalue weighted by molar-refractivity contribution is 8.00. The predicted octanol–water partition coefficient (Wildman–Crippen LogP) is 5.00. The number of hydrogen-bond acceptors (Lipinski definition) is 6. The Labute approximate surface area is 203 Å². The van der Waals surface area contributed by atoms with E-state index in [4.69, 9.17) is 9.15 Å². The molecule has 1 N–H and O–H groups in total. The highest BCUT2D eigenvalue weighted by Gasteiger charge is 2.22. The number of thioether (sulfide) groups is 1. The summed E-state index contributed by atoms with van der Waals surface area (Å²) in [6.45, 7) is 5.02.